The van der Waals surface area contributed by atoms with Gasteiger partial charge in [-0.2, -0.15) is 4.31 Å². The second-order valence-corrected chi connectivity index (χ2v) is 10.2. The molecule has 8 nitrogen and oxygen atoms in total. The van der Waals surface area contributed by atoms with Crippen LogP contribution >= 0.6 is 0 Å². The van der Waals surface area contributed by atoms with Crippen LogP contribution in [-0.4, -0.2) is 57.4 Å². The number of hydrogen-bond acceptors (Lipinski definition) is 7. The van der Waals surface area contributed by atoms with Crippen molar-refractivity contribution in [2.24, 2.45) is 0 Å². The molecule has 1 saturated heterocycles. The first-order valence-electron chi connectivity index (χ1n) is 11.2. The number of ketones is 1. The number of Topliss-reactive ketones (excluding diaryl/α,β-unsaturated/α-hetero) is 1. The largest absolute Gasteiger partial charge is 0.464 e. The number of ether oxygens (including phenoxy) is 2. The number of furan rings is 1. The van der Waals surface area contributed by atoms with Gasteiger partial charge < -0.3 is 13.9 Å². The highest BCUT2D eigenvalue weighted by Gasteiger charge is 2.26. The number of esters is 1. The van der Waals surface area contributed by atoms with Crippen LogP contribution < -0.4 is 0 Å². The van der Waals surface area contributed by atoms with Gasteiger partial charge in [0, 0.05) is 29.6 Å². The number of nitrogens with zero attached hydrogens (tertiary/aromatic N) is 1. The zero-order chi connectivity index (χ0) is 24.4. The molecule has 0 saturated carbocycles. The fourth-order valence-electron chi connectivity index (χ4n) is 4.19. The number of carbonyl (C=O) groups excluding carboxylic acids is 2. The first-order valence-corrected chi connectivity index (χ1v) is 12.6. The lowest BCUT2D eigenvalue weighted by Crippen LogP contribution is -2.40. The van der Waals surface area contributed by atoms with Crippen LogP contribution in [0.2, 0.25) is 0 Å². The minimum absolute atomic E-state index is 0.0367. The van der Waals surface area contributed by atoms with Crippen LogP contribution in [0.4, 0.5) is 0 Å². The molecule has 1 aliphatic heterocycles. The second-order valence-electron chi connectivity index (χ2n) is 8.22. The normalized spacial score (nSPS) is 14.9. The summed E-state index contributed by atoms with van der Waals surface area (Å²) >= 11 is 0. The molecule has 1 aromatic heterocycles. The predicted octanol–water partition coefficient (Wildman–Crippen LogP) is 3.58. The molecule has 0 unspecified atom stereocenters. The molecule has 3 aromatic carbocycles. The average molecular weight is 494 g/mol. The Morgan fingerprint density at radius 3 is 2.46 bits per heavy atom. The third kappa shape index (κ3) is 4.70. The van der Waals surface area contributed by atoms with Gasteiger partial charge in [-0.3, -0.25) is 9.59 Å². The van der Waals surface area contributed by atoms with Gasteiger partial charge in [0.25, 0.3) is 0 Å². The second kappa shape index (κ2) is 9.61. The Bertz CT molecular complexity index is 1500. The summed E-state index contributed by atoms with van der Waals surface area (Å²) in [4.78, 5) is 25.1. The first-order chi connectivity index (χ1) is 16.9. The summed E-state index contributed by atoms with van der Waals surface area (Å²) in [6.45, 7) is 0.852. The zero-order valence-electron chi connectivity index (χ0n) is 18.8. The van der Waals surface area contributed by atoms with Crippen molar-refractivity contribution < 1.29 is 31.9 Å². The maximum Gasteiger partial charge on any atom is 0.310 e. The highest BCUT2D eigenvalue weighted by molar-refractivity contribution is 7.89. The summed E-state index contributed by atoms with van der Waals surface area (Å²) in [6, 6.07) is 17.3. The van der Waals surface area contributed by atoms with Gasteiger partial charge in [-0.05, 0) is 41.1 Å². The van der Waals surface area contributed by atoms with Crippen LogP contribution in [0.5, 0.6) is 0 Å². The molecule has 0 bridgehead atoms. The topological polar surface area (TPSA) is 103 Å². The Morgan fingerprint density at radius 2 is 1.69 bits per heavy atom. The van der Waals surface area contributed by atoms with Gasteiger partial charge in [0.15, 0.2) is 12.4 Å². The van der Waals surface area contributed by atoms with Crippen molar-refractivity contribution in [2.45, 2.75) is 11.3 Å². The Balaban J connectivity index is 1.23. The molecule has 0 N–H and O–H groups in total. The SMILES string of the molecule is O=C(Cc1coc2ccc3ccccc3c12)OCC(=O)c1ccc(S(=O)(=O)N2CCOCC2)cc1. The summed E-state index contributed by atoms with van der Waals surface area (Å²) in [5.41, 5.74) is 1.63. The fourth-order valence-corrected chi connectivity index (χ4v) is 5.60. The van der Waals surface area contributed by atoms with Gasteiger partial charge in [0.05, 0.1) is 30.8 Å². The standard InChI is InChI=1S/C26H23NO7S/c28-23(19-5-8-21(9-6-19)35(30,31)27-11-13-32-14-12-27)17-34-25(29)15-20-16-33-24-10-7-18-3-1-2-4-22(18)26(20)24/h1-10,16H,11-15,17H2. The number of sulfonamides is 1. The van der Waals surface area contributed by atoms with E-state index in [4.69, 9.17) is 13.9 Å². The molecule has 5 rings (SSSR count). The average Bonchev–Trinajstić information content (AvgIpc) is 3.31. The van der Waals surface area contributed by atoms with Crippen molar-refractivity contribution in [1.29, 1.82) is 0 Å². The Morgan fingerprint density at radius 1 is 0.943 bits per heavy atom. The molecule has 1 aliphatic rings. The van der Waals surface area contributed by atoms with E-state index in [2.05, 4.69) is 0 Å². The lowest BCUT2D eigenvalue weighted by molar-refractivity contribution is -0.141. The number of rotatable bonds is 7. The molecule has 1 fully saturated rings. The number of benzene rings is 3. The zero-order valence-corrected chi connectivity index (χ0v) is 19.6. The van der Waals surface area contributed by atoms with Gasteiger partial charge in [-0.15, -0.1) is 0 Å². The van der Waals surface area contributed by atoms with Crippen LogP contribution in [0.3, 0.4) is 0 Å². The third-order valence-electron chi connectivity index (χ3n) is 6.02. The fraction of sp³-hybridized carbons (Fsp3) is 0.231. The van der Waals surface area contributed by atoms with Crippen LogP contribution in [0, 0.1) is 0 Å². The predicted molar refractivity (Wildman–Crippen MR) is 129 cm³/mol. The van der Waals surface area contributed by atoms with Crippen molar-refractivity contribution in [1.82, 2.24) is 4.31 Å². The van der Waals surface area contributed by atoms with E-state index in [1.165, 1.54) is 34.8 Å². The minimum atomic E-state index is -3.65. The lowest BCUT2D eigenvalue weighted by Gasteiger charge is -2.26. The van der Waals surface area contributed by atoms with E-state index in [0.29, 0.717) is 37.4 Å². The van der Waals surface area contributed by atoms with E-state index < -0.39 is 28.4 Å². The molecular formula is C26H23NO7S. The van der Waals surface area contributed by atoms with Crippen LogP contribution in [-0.2, 0) is 30.7 Å². The number of carbonyl (C=O) groups is 2. The Kier molecular flexibility index (Phi) is 6.38. The van der Waals surface area contributed by atoms with Crippen LogP contribution in [0.1, 0.15) is 15.9 Å². The molecule has 0 amide bonds. The smallest absolute Gasteiger partial charge is 0.310 e. The quantitative estimate of drug-likeness (QED) is 0.286. The molecule has 2 heterocycles. The van der Waals surface area contributed by atoms with Gasteiger partial charge in [0.2, 0.25) is 10.0 Å². The van der Waals surface area contributed by atoms with Crippen molar-refractivity contribution >= 4 is 43.5 Å². The van der Waals surface area contributed by atoms with Crippen LogP contribution in [0.15, 0.2) is 76.2 Å². The number of hydrogen-bond donors (Lipinski definition) is 0. The van der Waals surface area contributed by atoms with Crippen molar-refractivity contribution in [3.63, 3.8) is 0 Å². The highest BCUT2D eigenvalue weighted by atomic mass is 32.2. The third-order valence-corrected chi connectivity index (χ3v) is 7.94. The molecular weight excluding hydrogens is 470 g/mol. The van der Waals surface area contributed by atoms with Gasteiger partial charge in [0.1, 0.15) is 5.58 Å². The molecule has 35 heavy (non-hydrogen) atoms. The van der Waals surface area contributed by atoms with Crippen molar-refractivity contribution in [3.05, 3.63) is 78.1 Å². The number of morpholine rings is 1. The number of fused-ring (bicyclic) bond motifs is 3. The molecule has 0 aliphatic carbocycles. The van der Waals surface area contributed by atoms with Gasteiger partial charge in [-0.25, -0.2) is 8.42 Å². The van der Waals surface area contributed by atoms with E-state index in [0.717, 1.165) is 16.2 Å². The van der Waals surface area contributed by atoms with Gasteiger partial charge in [-0.1, -0.05) is 30.3 Å². The maximum atomic E-state index is 12.7. The summed E-state index contributed by atoms with van der Waals surface area (Å²) in [7, 11) is -3.65. The summed E-state index contributed by atoms with van der Waals surface area (Å²) in [5, 5.41) is 2.86. The molecule has 0 atom stereocenters. The van der Waals surface area contributed by atoms with Gasteiger partial charge >= 0.3 is 5.97 Å². The molecule has 180 valence electrons. The van der Waals surface area contributed by atoms with E-state index in [1.54, 1.807) is 0 Å². The minimum Gasteiger partial charge on any atom is -0.464 e. The highest BCUT2D eigenvalue weighted by Crippen LogP contribution is 2.30. The molecule has 0 spiro atoms. The monoisotopic (exact) mass is 493 g/mol. The summed E-state index contributed by atoms with van der Waals surface area (Å²) in [5.74, 6) is -0.975. The van der Waals surface area contributed by atoms with E-state index >= 15 is 0 Å². The Hall–Kier alpha value is -3.53. The van der Waals surface area contributed by atoms with Crippen molar-refractivity contribution in [2.75, 3.05) is 32.9 Å². The maximum absolute atomic E-state index is 12.7. The van der Waals surface area contributed by atoms with Crippen molar-refractivity contribution in [3.8, 4) is 0 Å². The van der Waals surface area contributed by atoms with E-state index in [1.807, 2.05) is 36.4 Å². The summed E-state index contributed by atoms with van der Waals surface area (Å²) < 4.78 is 42.8. The molecule has 0 radical (unpaired) electrons. The summed E-state index contributed by atoms with van der Waals surface area (Å²) in [6.07, 6.45) is 1.50. The molecule has 4 aromatic rings. The Labute approximate surface area is 202 Å². The first kappa shape index (κ1) is 23.2. The molecule has 9 heteroatoms. The van der Waals surface area contributed by atoms with E-state index in [-0.39, 0.29) is 16.9 Å². The van der Waals surface area contributed by atoms with Crippen LogP contribution in [0.25, 0.3) is 21.7 Å². The lowest BCUT2D eigenvalue weighted by atomic mass is 10.0. The van der Waals surface area contributed by atoms with E-state index in [9.17, 15) is 18.0 Å².